The second kappa shape index (κ2) is 5.97. The minimum absolute atomic E-state index is 1.28. The van der Waals surface area contributed by atoms with Gasteiger partial charge in [-0.05, 0) is 11.8 Å². The highest BCUT2D eigenvalue weighted by Gasteiger charge is 2.10. The molecule has 0 aromatic heterocycles. The van der Waals surface area contributed by atoms with E-state index in [-0.39, 0.29) is 0 Å². The van der Waals surface area contributed by atoms with E-state index in [2.05, 4.69) is 33.9 Å². The molecule has 7 N–H and O–H groups in total. The molecule has 0 radical (unpaired) electrons. The Labute approximate surface area is 83.1 Å². The molecule has 0 bridgehead atoms. The van der Waals surface area contributed by atoms with Crippen LogP contribution in [0, 0.1) is 0 Å². The third kappa shape index (κ3) is 46.1. The number of carbonyl (C=O) groups is 1. The van der Waals surface area contributed by atoms with Gasteiger partial charge in [0.2, 0.25) is 0 Å². The van der Waals surface area contributed by atoms with Crippen molar-refractivity contribution in [3.05, 3.63) is 0 Å². The van der Waals surface area contributed by atoms with Gasteiger partial charge >= 0.3 is 19.5 Å². The maximum atomic E-state index is 9.66. The van der Waals surface area contributed by atoms with Gasteiger partial charge in [0.15, 0.2) is 0 Å². The predicted octanol–water partition coefficient (Wildman–Crippen LogP) is -1.52. The fraction of sp³-hybridized carbons (Fsp3) is 0. The number of carbonyl (C=O) groups excluding carboxylic acids is 1. The summed E-state index contributed by atoms with van der Waals surface area (Å²) in [4.78, 5) is 48.6. The minimum atomic E-state index is -3.86. The first-order valence-electron chi connectivity index (χ1n) is 2.24. The highest BCUT2D eigenvalue weighted by Crippen LogP contribution is 2.35. The number of rotatable bonds is 1. The maximum Gasteiger partial charge on any atom is 0.411 e. The van der Waals surface area contributed by atoms with Crippen molar-refractivity contribution >= 4 is 43.1 Å². The van der Waals surface area contributed by atoms with Crippen molar-refractivity contribution in [3.63, 3.8) is 0 Å². The fourth-order valence-electron chi connectivity index (χ4n) is 0.117. The molecule has 0 rings (SSSR count). The van der Waals surface area contributed by atoms with Gasteiger partial charge in [-0.25, -0.2) is 4.79 Å². The monoisotopic (exact) mass is 271 g/mol. The first-order chi connectivity index (χ1) is 5.42. The van der Waals surface area contributed by atoms with E-state index in [1.165, 1.54) is 0 Å². The molecule has 0 aliphatic rings. The van der Waals surface area contributed by atoms with Crippen LogP contribution in [0.1, 0.15) is 0 Å². The van der Waals surface area contributed by atoms with Gasteiger partial charge in [-0.1, -0.05) is 0 Å². The van der Waals surface area contributed by atoms with E-state index >= 15 is 0 Å². The third-order valence-electron chi connectivity index (χ3n) is 0.209. The largest absolute Gasteiger partial charge is 0.411 e. The van der Waals surface area contributed by atoms with Crippen molar-refractivity contribution in [2.24, 2.45) is 5.73 Å². The first kappa shape index (κ1) is 15.8. The zero-order chi connectivity index (χ0) is 11.3. The van der Waals surface area contributed by atoms with E-state index in [9.17, 15) is 4.79 Å². The summed E-state index contributed by atoms with van der Waals surface area (Å²) in [5, 5.41) is 0. The minimum Gasteiger partial charge on any atom is -0.375 e. The Morgan fingerprint density at radius 2 is 1.38 bits per heavy atom. The maximum absolute atomic E-state index is 9.66. The molecule has 0 saturated carbocycles. The summed E-state index contributed by atoms with van der Waals surface area (Å²) in [6.45, 7) is -7.67. The predicted molar refractivity (Wildman–Crippen MR) is 50.3 cm³/mol. The third-order valence-corrected chi connectivity index (χ3v) is 0.850. The average Bonchev–Trinajstić information content (AvgIpc) is 1.47. The van der Waals surface area contributed by atoms with Crippen molar-refractivity contribution in [1.82, 2.24) is 0 Å². The van der Waals surface area contributed by atoms with Gasteiger partial charge in [0.05, 0.1) is 0 Å². The number of primary amides is 1. The van der Waals surface area contributed by atoms with Gasteiger partial charge in [-0.3, -0.25) is 0 Å². The standard InChI is InChI=1S/CH4NO4PS.H3O3PS/c2-1(3)6-7(4,5)8;1-4(2,3)5/h(H2,2,3)(H2,4,5,8);(H3,1,2,3,5). The molecule has 0 heterocycles. The summed E-state index contributed by atoms with van der Waals surface area (Å²) < 4.78 is 3.61. The topological polar surface area (TPSA) is 153 Å². The van der Waals surface area contributed by atoms with Gasteiger partial charge in [-0.15, -0.1) is 0 Å². The van der Waals surface area contributed by atoms with Crippen LogP contribution in [0.5, 0.6) is 0 Å². The van der Waals surface area contributed by atoms with E-state index in [0.29, 0.717) is 0 Å². The van der Waals surface area contributed by atoms with Crippen molar-refractivity contribution in [2.75, 3.05) is 0 Å². The van der Waals surface area contributed by atoms with Crippen LogP contribution in [0.25, 0.3) is 0 Å². The van der Waals surface area contributed by atoms with E-state index in [4.69, 9.17) is 24.5 Å². The van der Waals surface area contributed by atoms with Crippen LogP contribution in [-0.4, -0.2) is 30.6 Å². The second-order valence-electron chi connectivity index (χ2n) is 1.41. The summed E-state index contributed by atoms with van der Waals surface area (Å²) in [5.41, 5.74) is 4.36. The summed E-state index contributed by atoms with van der Waals surface area (Å²) in [6.07, 6.45) is -1.28. The molecule has 80 valence electrons. The van der Waals surface area contributed by atoms with Gasteiger partial charge in [0.25, 0.3) is 0 Å². The molecule has 8 nitrogen and oxygen atoms in total. The SMILES string of the molecule is NC(=O)OP(O)(O)=S.OP(O)(O)=S. The highest BCUT2D eigenvalue weighted by atomic mass is 32.5. The molecule has 0 fully saturated rings. The Morgan fingerprint density at radius 1 is 1.15 bits per heavy atom. The zero-order valence-corrected chi connectivity index (χ0v) is 9.26. The molecule has 1 amide bonds. The van der Waals surface area contributed by atoms with Crippen molar-refractivity contribution in [2.45, 2.75) is 0 Å². The van der Waals surface area contributed by atoms with E-state index in [1.807, 2.05) is 0 Å². The van der Waals surface area contributed by atoms with Crippen LogP contribution in [0.15, 0.2) is 0 Å². The quantitative estimate of drug-likeness (QED) is 0.312. The van der Waals surface area contributed by atoms with Crippen molar-refractivity contribution in [1.29, 1.82) is 0 Å². The number of hydrogen-bond donors (Lipinski definition) is 6. The smallest absolute Gasteiger partial charge is 0.375 e. The molecule has 0 saturated heterocycles. The summed E-state index contributed by atoms with van der Waals surface area (Å²) in [7, 11) is 0. The van der Waals surface area contributed by atoms with E-state index in [1.54, 1.807) is 0 Å². The Balaban J connectivity index is 0. The number of nitrogens with two attached hydrogens (primary N) is 1. The molecular weight excluding hydrogens is 264 g/mol. The molecular formula is CH7NO7P2S2. The molecule has 0 aliphatic carbocycles. The molecule has 12 heteroatoms. The lowest BCUT2D eigenvalue weighted by Crippen LogP contribution is -2.10. The summed E-state index contributed by atoms with van der Waals surface area (Å²) in [6, 6.07) is 0. The average molecular weight is 271 g/mol. The summed E-state index contributed by atoms with van der Waals surface area (Å²) >= 11 is 7.46. The van der Waals surface area contributed by atoms with E-state index < -0.39 is 19.5 Å². The number of hydrogen-bond acceptors (Lipinski definition) is 4. The Hall–Kier alpha value is 0.370. The van der Waals surface area contributed by atoms with Crippen molar-refractivity contribution < 1.29 is 33.8 Å². The first-order valence-corrected chi connectivity index (χ1v) is 7.53. The fourth-order valence-corrected chi connectivity index (χ4v) is 0.572. The number of amides is 1. The Kier molecular flexibility index (Phi) is 7.26. The van der Waals surface area contributed by atoms with Gasteiger partial charge in [-0.2, -0.15) is 0 Å². The lowest BCUT2D eigenvalue weighted by atomic mass is 11.3. The molecule has 0 aromatic rings. The second-order valence-corrected chi connectivity index (χ2v) is 6.50. The van der Waals surface area contributed by atoms with Crippen LogP contribution in [-0.2, 0) is 28.1 Å². The Morgan fingerprint density at radius 3 is 1.38 bits per heavy atom. The Bertz CT molecular complexity index is 245. The molecule has 0 aliphatic heterocycles. The van der Waals surface area contributed by atoms with Gasteiger partial charge in [0.1, 0.15) is 0 Å². The lowest BCUT2D eigenvalue weighted by Gasteiger charge is -2.02. The molecule has 13 heavy (non-hydrogen) atoms. The van der Waals surface area contributed by atoms with Crippen LogP contribution < -0.4 is 5.73 Å². The molecule has 0 unspecified atom stereocenters. The molecule has 0 aromatic carbocycles. The summed E-state index contributed by atoms with van der Waals surface area (Å²) in [5.74, 6) is 0. The molecule has 0 spiro atoms. The van der Waals surface area contributed by atoms with Crippen LogP contribution in [0.2, 0.25) is 0 Å². The van der Waals surface area contributed by atoms with Gasteiger partial charge < -0.3 is 34.7 Å². The van der Waals surface area contributed by atoms with Crippen LogP contribution in [0.3, 0.4) is 0 Å². The highest BCUT2D eigenvalue weighted by molar-refractivity contribution is 8.07. The zero-order valence-electron chi connectivity index (χ0n) is 5.84. The lowest BCUT2D eigenvalue weighted by molar-refractivity contribution is 0.201. The normalized spacial score (nSPS) is 11.2. The van der Waals surface area contributed by atoms with Crippen LogP contribution >= 0.6 is 13.4 Å². The van der Waals surface area contributed by atoms with Gasteiger partial charge in [0, 0.05) is 11.8 Å². The van der Waals surface area contributed by atoms with Crippen molar-refractivity contribution in [3.8, 4) is 0 Å². The van der Waals surface area contributed by atoms with E-state index in [0.717, 1.165) is 0 Å². The van der Waals surface area contributed by atoms with Crippen LogP contribution in [0.4, 0.5) is 4.79 Å². The molecule has 0 atom stereocenters.